The van der Waals surface area contributed by atoms with Crippen LogP contribution in [0.4, 0.5) is 0 Å². The Morgan fingerprint density at radius 3 is 2.38 bits per heavy atom. The first-order valence-corrected chi connectivity index (χ1v) is 9.27. The van der Waals surface area contributed by atoms with Crippen molar-refractivity contribution in [3.63, 3.8) is 0 Å². The fourth-order valence-electron chi connectivity index (χ4n) is 4.88. The summed E-state index contributed by atoms with van der Waals surface area (Å²) in [5.41, 5.74) is -0.267. The highest BCUT2D eigenvalue weighted by Gasteiger charge is 2.44. The molecule has 0 aromatic carbocycles. The van der Waals surface area contributed by atoms with E-state index in [0.29, 0.717) is 12.1 Å². The van der Waals surface area contributed by atoms with Gasteiger partial charge in [-0.15, -0.1) is 0 Å². The van der Waals surface area contributed by atoms with E-state index in [1.54, 1.807) is 0 Å². The Kier molecular flexibility index (Phi) is 4.92. The Hall–Kier alpha value is -0.120. The molecule has 2 aliphatic carbocycles. The quantitative estimate of drug-likeness (QED) is 0.833. The largest absolute Gasteiger partial charge is 0.390 e. The first kappa shape index (κ1) is 15.8. The van der Waals surface area contributed by atoms with Gasteiger partial charge >= 0.3 is 0 Å². The van der Waals surface area contributed by atoms with Gasteiger partial charge in [-0.05, 0) is 57.9 Å². The summed E-state index contributed by atoms with van der Waals surface area (Å²) in [4.78, 5) is 0. The molecule has 1 saturated heterocycles. The minimum Gasteiger partial charge on any atom is -0.390 e. The molecule has 1 spiro atoms. The highest BCUT2D eigenvalue weighted by atomic mass is 16.5. The molecule has 1 unspecified atom stereocenters. The molecule has 0 amide bonds. The molecule has 3 rings (SSSR count). The average Bonchev–Trinajstić information content (AvgIpc) is 2.85. The van der Waals surface area contributed by atoms with Crippen molar-refractivity contribution in [3.8, 4) is 0 Å². The van der Waals surface area contributed by atoms with Crippen LogP contribution < -0.4 is 5.32 Å². The Balaban J connectivity index is 1.48. The summed E-state index contributed by atoms with van der Waals surface area (Å²) in [6, 6.07) is 0.615. The maximum atomic E-state index is 10.9. The van der Waals surface area contributed by atoms with Gasteiger partial charge < -0.3 is 15.2 Å². The van der Waals surface area contributed by atoms with Crippen LogP contribution in [0.2, 0.25) is 0 Å². The predicted molar refractivity (Wildman–Crippen MR) is 85.4 cm³/mol. The van der Waals surface area contributed by atoms with Crippen LogP contribution in [0.25, 0.3) is 0 Å². The lowest BCUT2D eigenvalue weighted by molar-refractivity contribution is -0.102. The number of ether oxygens (including phenoxy) is 1. The van der Waals surface area contributed by atoms with Crippen molar-refractivity contribution in [3.05, 3.63) is 0 Å². The van der Waals surface area contributed by atoms with Gasteiger partial charge in [0.05, 0.1) is 17.3 Å². The first-order chi connectivity index (χ1) is 10.1. The minimum absolute atomic E-state index is 0.195. The zero-order valence-electron chi connectivity index (χ0n) is 13.7. The molecule has 0 aromatic heterocycles. The van der Waals surface area contributed by atoms with Gasteiger partial charge in [0.1, 0.15) is 0 Å². The van der Waals surface area contributed by atoms with Crippen molar-refractivity contribution >= 4 is 0 Å². The maximum Gasteiger partial charge on any atom is 0.0687 e. The van der Waals surface area contributed by atoms with Gasteiger partial charge in [-0.25, -0.2) is 0 Å². The maximum absolute atomic E-state index is 10.9. The van der Waals surface area contributed by atoms with E-state index in [-0.39, 0.29) is 5.60 Å². The normalized spacial score (nSPS) is 39.7. The Bertz CT molecular complexity index is 330. The highest BCUT2D eigenvalue weighted by Crippen LogP contribution is 2.45. The van der Waals surface area contributed by atoms with Crippen LogP contribution in [0, 0.1) is 0 Å². The molecule has 3 aliphatic rings. The number of hydrogen-bond acceptors (Lipinski definition) is 3. The Morgan fingerprint density at radius 2 is 1.71 bits per heavy atom. The zero-order valence-corrected chi connectivity index (χ0v) is 13.7. The number of aliphatic hydroxyl groups is 1. The fraction of sp³-hybridized carbons (Fsp3) is 1.00. The van der Waals surface area contributed by atoms with Crippen LogP contribution >= 0.6 is 0 Å². The molecular formula is C18H33NO2. The van der Waals surface area contributed by atoms with E-state index < -0.39 is 5.60 Å². The van der Waals surface area contributed by atoms with Crippen molar-refractivity contribution in [2.45, 2.75) is 107 Å². The molecule has 2 saturated carbocycles. The molecule has 3 fully saturated rings. The monoisotopic (exact) mass is 295 g/mol. The molecule has 122 valence electrons. The first-order valence-electron chi connectivity index (χ1n) is 9.27. The van der Waals surface area contributed by atoms with Gasteiger partial charge in [0.15, 0.2) is 0 Å². The van der Waals surface area contributed by atoms with E-state index in [1.165, 1.54) is 44.9 Å². The van der Waals surface area contributed by atoms with E-state index in [4.69, 9.17) is 4.74 Å². The van der Waals surface area contributed by atoms with Crippen LogP contribution in [0.3, 0.4) is 0 Å². The third kappa shape index (κ3) is 3.80. The van der Waals surface area contributed by atoms with Crippen molar-refractivity contribution in [2.24, 2.45) is 0 Å². The van der Waals surface area contributed by atoms with Crippen LogP contribution in [-0.2, 0) is 4.74 Å². The molecule has 1 atom stereocenters. The molecule has 21 heavy (non-hydrogen) atoms. The highest BCUT2D eigenvalue weighted by molar-refractivity contribution is 4.96. The molecule has 1 aliphatic heterocycles. The molecule has 0 bridgehead atoms. The molecular weight excluding hydrogens is 262 g/mol. The molecule has 3 heteroatoms. The van der Waals surface area contributed by atoms with E-state index >= 15 is 0 Å². The van der Waals surface area contributed by atoms with Gasteiger partial charge in [0, 0.05) is 12.5 Å². The molecule has 0 radical (unpaired) electrons. The molecule has 0 aromatic rings. The number of rotatable bonds is 4. The van der Waals surface area contributed by atoms with Gasteiger partial charge in [-0.1, -0.05) is 26.2 Å². The Morgan fingerprint density at radius 1 is 1.00 bits per heavy atom. The van der Waals surface area contributed by atoms with Crippen LogP contribution in [0.15, 0.2) is 0 Å². The Labute approximate surface area is 129 Å². The predicted octanol–water partition coefficient (Wildman–Crippen LogP) is 3.54. The van der Waals surface area contributed by atoms with Gasteiger partial charge in [-0.2, -0.15) is 0 Å². The lowest BCUT2D eigenvalue weighted by Crippen LogP contribution is -2.43. The lowest BCUT2D eigenvalue weighted by Gasteiger charge is -2.39. The van der Waals surface area contributed by atoms with Crippen LogP contribution in [-0.4, -0.2) is 35.0 Å². The molecule has 1 heterocycles. The van der Waals surface area contributed by atoms with E-state index in [1.807, 2.05) is 0 Å². The van der Waals surface area contributed by atoms with E-state index in [2.05, 4.69) is 12.2 Å². The summed E-state index contributed by atoms with van der Waals surface area (Å²) < 4.78 is 6.46. The third-order valence-electron chi connectivity index (χ3n) is 6.12. The van der Waals surface area contributed by atoms with Crippen molar-refractivity contribution in [1.29, 1.82) is 0 Å². The van der Waals surface area contributed by atoms with Crippen molar-refractivity contribution in [2.75, 3.05) is 6.54 Å². The topological polar surface area (TPSA) is 41.5 Å². The summed E-state index contributed by atoms with van der Waals surface area (Å²) in [6.07, 6.45) is 14.2. The fourth-order valence-corrected chi connectivity index (χ4v) is 4.88. The van der Waals surface area contributed by atoms with Crippen molar-refractivity contribution < 1.29 is 9.84 Å². The zero-order chi connectivity index (χ0) is 14.8. The van der Waals surface area contributed by atoms with E-state index in [9.17, 15) is 5.11 Å². The van der Waals surface area contributed by atoms with Gasteiger partial charge in [-0.3, -0.25) is 0 Å². The van der Waals surface area contributed by atoms with Crippen molar-refractivity contribution in [1.82, 2.24) is 5.32 Å². The standard InChI is InChI=1S/C18H33NO2/c1-2-19-15-6-11-17(20,12-7-15)14-16-8-13-18(21-16)9-4-3-5-10-18/h15-16,19-20H,2-14H2,1H3. The average molecular weight is 295 g/mol. The summed E-state index contributed by atoms with van der Waals surface area (Å²) in [5.74, 6) is 0. The lowest BCUT2D eigenvalue weighted by atomic mass is 9.78. The van der Waals surface area contributed by atoms with Gasteiger partial charge in [0.2, 0.25) is 0 Å². The van der Waals surface area contributed by atoms with E-state index in [0.717, 1.165) is 38.6 Å². The molecule has 2 N–H and O–H groups in total. The van der Waals surface area contributed by atoms with Gasteiger partial charge in [0.25, 0.3) is 0 Å². The summed E-state index contributed by atoms with van der Waals surface area (Å²) in [5, 5.41) is 14.4. The second kappa shape index (κ2) is 6.55. The summed E-state index contributed by atoms with van der Waals surface area (Å²) >= 11 is 0. The smallest absolute Gasteiger partial charge is 0.0687 e. The van der Waals surface area contributed by atoms with Crippen LogP contribution in [0.5, 0.6) is 0 Å². The minimum atomic E-state index is -0.462. The molecule has 3 nitrogen and oxygen atoms in total. The second-order valence-electron chi connectivity index (χ2n) is 7.78. The third-order valence-corrected chi connectivity index (χ3v) is 6.12. The number of nitrogens with one attached hydrogen (secondary N) is 1. The number of hydrogen-bond donors (Lipinski definition) is 2. The summed E-state index contributed by atoms with van der Waals surface area (Å²) in [6.45, 7) is 3.20. The van der Waals surface area contributed by atoms with Crippen LogP contribution in [0.1, 0.15) is 84.0 Å². The summed E-state index contributed by atoms with van der Waals surface area (Å²) in [7, 11) is 0. The second-order valence-corrected chi connectivity index (χ2v) is 7.78. The SMILES string of the molecule is CCNC1CCC(O)(CC2CCC3(CCCCC3)O2)CC1.